The second kappa shape index (κ2) is 13.4. The van der Waals surface area contributed by atoms with E-state index in [1.807, 2.05) is 13.0 Å². The van der Waals surface area contributed by atoms with Crippen molar-refractivity contribution in [1.29, 1.82) is 0 Å². The SMILES string of the molecule is CCCOC(=O)COc1ccc(S(=O)(=O)c2ccc(CCNCC(O)c3cccc(Cl)c3)cc2)cc1. The molecule has 3 rings (SSSR count). The predicted molar refractivity (Wildman–Crippen MR) is 138 cm³/mol. The maximum atomic E-state index is 13.0. The van der Waals surface area contributed by atoms with Crippen molar-refractivity contribution in [1.82, 2.24) is 5.32 Å². The number of nitrogens with one attached hydrogen (secondary N) is 1. The monoisotopic (exact) mass is 531 g/mol. The van der Waals surface area contributed by atoms with E-state index in [4.69, 9.17) is 21.1 Å². The molecule has 36 heavy (non-hydrogen) atoms. The summed E-state index contributed by atoms with van der Waals surface area (Å²) in [6, 6.07) is 19.8. The second-order valence-electron chi connectivity index (χ2n) is 8.15. The van der Waals surface area contributed by atoms with Crippen molar-refractivity contribution >= 4 is 27.4 Å². The number of rotatable bonds is 13. The first kappa shape index (κ1) is 27.7. The predicted octanol–water partition coefficient (Wildman–Crippen LogP) is 4.37. The van der Waals surface area contributed by atoms with Gasteiger partial charge in [-0.2, -0.15) is 0 Å². The van der Waals surface area contributed by atoms with Crippen LogP contribution in [0, 0.1) is 0 Å². The molecule has 3 aromatic carbocycles. The van der Waals surface area contributed by atoms with Gasteiger partial charge < -0.3 is 19.9 Å². The van der Waals surface area contributed by atoms with Crippen LogP contribution in [0.1, 0.15) is 30.6 Å². The van der Waals surface area contributed by atoms with Crippen molar-refractivity contribution < 1.29 is 27.8 Å². The summed E-state index contributed by atoms with van der Waals surface area (Å²) in [5, 5.41) is 14.0. The van der Waals surface area contributed by atoms with E-state index in [0.717, 1.165) is 17.5 Å². The van der Waals surface area contributed by atoms with Crippen LogP contribution in [-0.2, 0) is 25.8 Å². The highest BCUT2D eigenvalue weighted by molar-refractivity contribution is 7.91. The smallest absolute Gasteiger partial charge is 0.344 e. The van der Waals surface area contributed by atoms with E-state index in [1.165, 1.54) is 24.3 Å². The molecule has 192 valence electrons. The Morgan fingerprint density at radius 1 is 1.03 bits per heavy atom. The highest BCUT2D eigenvalue weighted by Crippen LogP contribution is 2.24. The number of aliphatic hydroxyl groups is 1. The first-order valence-electron chi connectivity index (χ1n) is 11.7. The van der Waals surface area contributed by atoms with Crippen LogP contribution in [-0.4, -0.2) is 45.8 Å². The molecule has 0 amide bonds. The van der Waals surface area contributed by atoms with Crippen LogP contribution >= 0.6 is 11.6 Å². The van der Waals surface area contributed by atoms with E-state index in [1.54, 1.807) is 42.5 Å². The Kier molecular flexibility index (Phi) is 10.3. The third kappa shape index (κ3) is 8.06. The van der Waals surface area contributed by atoms with E-state index in [-0.39, 0.29) is 16.4 Å². The quantitative estimate of drug-likeness (QED) is 0.249. The first-order valence-corrected chi connectivity index (χ1v) is 13.5. The minimum Gasteiger partial charge on any atom is -0.482 e. The van der Waals surface area contributed by atoms with Gasteiger partial charge in [0, 0.05) is 11.6 Å². The Morgan fingerprint density at radius 3 is 2.33 bits per heavy atom. The minimum atomic E-state index is -3.69. The van der Waals surface area contributed by atoms with Crippen LogP contribution in [0.5, 0.6) is 5.75 Å². The summed E-state index contributed by atoms with van der Waals surface area (Å²) >= 11 is 5.96. The Morgan fingerprint density at radius 2 is 1.69 bits per heavy atom. The highest BCUT2D eigenvalue weighted by atomic mass is 35.5. The molecule has 0 bridgehead atoms. The van der Waals surface area contributed by atoms with Gasteiger partial charge in [-0.1, -0.05) is 42.8 Å². The van der Waals surface area contributed by atoms with Crippen LogP contribution < -0.4 is 10.1 Å². The number of hydrogen-bond donors (Lipinski definition) is 2. The topological polar surface area (TPSA) is 102 Å². The van der Waals surface area contributed by atoms with Crippen molar-refractivity contribution in [2.24, 2.45) is 0 Å². The molecule has 2 N–H and O–H groups in total. The fourth-order valence-corrected chi connectivity index (χ4v) is 4.85. The normalized spacial score (nSPS) is 12.2. The summed E-state index contributed by atoms with van der Waals surface area (Å²) in [5.74, 6) is -0.0909. The molecule has 0 radical (unpaired) electrons. The molecule has 0 aliphatic heterocycles. The molecule has 1 unspecified atom stereocenters. The molecule has 0 saturated carbocycles. The van der Waals surface area contributed by atoms with Crippen molar-refractivity contribution in [3.63, 3.8) is 0 Å². The number of benzene rings is 3. The Bertz CT molecular complexity index is 1230. The van der Waals surface area contributed by atoms with Gasteiger partial charge in [-0.3, -0.25) is 0 Å². The largest absolute Gasteiger partial charge is 0.482 e. The van der Waals surface area contributed by atoms with Crippen LogP contribution in [0.4, 0.5) is 0 Å². The lowest BCUT2D eigenvalue weighted by atomic mass is 10.1. The van der Waals surface area contributed by atoms with Gasteiger partial charge in [0.1, 0.15) is 5.75 Å². The standard InChI is InChI=1S/C27H30ClNO6S/c1-2-16-34-27(31)19-35-23-8-12-25(13-9-23)36(32,33)24-10-6-20(7-11-24)14-15-29-18-26(30)21-4-3-5-22(28)17-21/h3-13,17,26,29-30H,2,14-16,18-19H2,1H3. The van der Waals surface area contributed by atoms with Gasteiger partial charge in [0.2, 0.25) is 9.84 Å². The van der Waals surface area contributed by atoms with E-state index in [2.05, 4.69) is 5.32 Å². The maximum absolute atomic E-state index is 13.0. The molecule has 0 fully saturated rings. The fourth-order valence-electron chi connectivity index (χ4n) is 3.39. The molecule has 9 heteroatoms. The Hall–Kier alpha value is -2.91. The zero-order valence-corrected chi connectivity index (χ0v) is 21.6. The van der Waals surface area contributed by atoms with E-state index in [9.17, 15) is 18.3 Å². The lowest BCUT2D eigenvalue weighted by molar-refractivity contribution is -0.146. The number of carbonyl (C=O) groups is 1. The molecule has 0 aliphatic rings. The van der Waals surface area contributed by atoms with Crippen molar-refractivity contribution in [2.45, 2.75) is 35.7 Å². The molecule has 3 aromatic rings. The molecule has 1 atom stereocenters. The molecule has 0 aromatic heterocycles. The number of esters is 1. The van der Waals surface area contributed by atoms with Crippen molar-refractivity contribution in [3.05, 3.63) is 88.9 Å². The van der Waals surface area contributed by atoms with Gasteiger partial charge >= 0.3 is 5.97 Å². The zero-order chi connectivity index (χ0) is 26.0. The van der Waals surface area contributed by atoms with Crippen LogP contribution in [0.15, 0.2) is 82.6 Å². The van der Waals surface area contributed by atoms with Crippen LogP contribution in [0.25, 0.3) is 0 Å². The summed E-state index contributed by atoms with van der Waals surface area (Å²) in [4.78, 5) is 11.9. The minimum absolute atomic E-state index is 0.132. The lowest BCUT2D eigenvalue weighted by Crippen LogP contribution is -2.23. The van der Waals surface area contributed by atoms with Gasteiger partial charge in [-0.25, -0.2) is 13.2 Å². The third-order valence-corrected chi connectivity index (χ3v) is 7.37. The average Bonchev–Trinajstić information content (AvgIpc) is 2.89. The van der Waals surface area contributed by atoms with E-state index >= 15 is 0 Å². The van der Waals surface area contributed by atoms with Gasteiger partial charge in [0.15, 0.2) is 6.61 Å². The number of sulfone groups is 1. The Labute approximate surface area is 216 Å². The summed E-state index contributed by atoms with van der Waals surface area (Å²) in [6.07, 6.45) is 0.739. The second-order valence-corrected chi connectivity index (χ2v) is 10.5. The van der Waals surface area contributed by atoms with Gasteiger partial charge in [-0.05, 0) is 79.0 Å². The molecule has 0 spiro atoms. The van der Waals surface area contributed by atoms with E-state index < -0.39 is 21.9 Å². The summed E-state index contributed by atoms with van der Waals surface area (Å²) in [7, 11) is -3.69. The van der Waals surface area contributed by atoms with Crippen LogP contribution in [0.3, 0.4) is 0 Å². The number of hydrogen-bond acceptors (Lipinski definition) is 7. The van der Waals surface area contributed by atoms with Gasteiger partial charge in [0.25, 0.3) is 0 Å². The third-order valence-electron chi connectivity index (χ3n) is 5.35. The number of aliphatic hydroxyl groups excluding tert-OH is 1. The van der Waals surface area contributed by atoms with Crippen LogP contribution in [0.2, 0.25) is 5.02 Å². The van der Waals surface area contributed by atoms with Crippen molar-refractivity contribution in [3.8, 4) is 5.75 Å². The average molecular weight is 532 g/mol. The first-order chi connectivity index (χ1) is 17.3. The molecule has 0 saturated heterocycles. The number of ether oxygens (including phenoxy) is 2. The van der Waals surface area contributed by atoms with Crippen molar-refractivity contribution in [2.75, 3.05) is 26.3 Å². The summed E-state index contributed by atoms with van der Waals surface area (Å²) in [5.41, 5.74) is 1.72. The molecular weight excluding hydrogens is 502 g/mol. The Balaban J connectivity index is 1.50. The molecule has 0 heterocycles. The van der Waals surface area contributed by atoms with Gasteiger partial charge in [-0.15, -0.1) is 0 Å². The summed E-state index contributed by atoms with van der Waals surface area (Å²) in [6.45, 7) is 3.00. The number of halogens is 1. The molecular formula is C27H30ClNO6S. The highest BCUT2D eigenvalue weighted by Gasteiger charge is 2.18. The van der Waals surface area contributed by atoms with Gasteiger partial charge in [0.05, 0.1) is 22.5 Å². The van der Waals surface area contributed by atoms with E-state index in [0.29, 0.717) is 36.9 Å². The number of carbonyl (C=O) groups excluding carboxylic acids is 1. The fraction of sp³-hybridized carbons (Fsp3) is 0.296. The summed E-state index contributed by atoms with van der Waals surface area (Å²) < 4.78 is 36.2. The lowest BCUT2D eigenvalue weighted by Gasteiger charge is -2.13. The zero-order valence-electron chi connectivity index (χ0n) is 20.0. The molecule has 0 aliphatic carbocycles. The molecule has 7 nitrogen and oxygen atoms in total. The maximum Gasteiger partial charge on any atom is 0.344 e.